The average molecular weight is 336 g/mol. The fourth-order valence-electron chi connectivity index (χ4n) is 1.91. The number of anilines is 2. The van der Waals surface area contributed by atoms with Gasteiger partial charge in [-0.15, -0.1) is 11.3 Å². The van der Waals surface area contributed by atoms with Crippen LogP contribution in [0, 0.1) is 12.7 Å². The van der Waals surface area contributed by atoms with E-state index in [1.54, 1.807) is 44.2 Å². The van der Waals surface area contributed by atoms with Gasteiger partial charge in [0.15, 0.2) is 0 Å². The van der Waals surface area contributed by atoms with Crippen LogP contribution in [0.15, 0.2) is 29.6 Å². The smallest absolute Gasteiger partial charge is 0.412 e. The van der Waals surface area contributed by atoms with E-state index in [0.717, 1.165) is 5.69 Å². The summed E-state index contributed by atoms with van der Waals surface area (Å²) < 4.78 is 19.0. The molecule has 23 heavy (non-hydrogen) atoms. The number of aryl methyl sites for hydroxylation is 1. The topological polar surface area (TPSA) is 50.4 Å². The van der Waals surface area contributed by atoms with E-state index in [4.69, 9.17) is 4.74 Å². The fraction of sp³-hybridized carbons (Fsp3) is 0.353. The van der Waals surface area contributed by atoms with Crippen LogP contribution in [-0.4, -0.2) is 11.7 Å². The monoisotopic (exact) mass is 336 g/mol. The van der Waals surface area contributed by atoms with E-state index in [2.05, 4.69) is 16.7 Å². The number of hydrogen-bond donors (Lipinski definition) is 2. The molecule has 1 amide bonds. The number of halogens is 1. The predicted molar refractivity (Wildman–Crippen MR) is 92.6 cm³/mol. The Labute approximate surface area is 139 Å². The maximum atomic E-state index is 13.8. The Morgan fingerprint density at radius 3 is 2.65 bits per heavy atom. The Morgan fingerprint density at radius 2 is 2.04 bits per heavy atom. The van der Waals surface area contributed by atoms with Crippen LogP contribution in [0.5, 0.6) is 0 Å². The first-order chi connectivity index (χ1) is 10.7. The van der Waals surface area contributed by atoms with E-state index >= 15 is 0 Å². The standard InChI is InChI=1S/C17H21FN2O2S/c1-11-7-8-23-15(11)10-19-12-5-6-13(18)14(9-12)20-16(21)22-17(2,3)4/h5-9,19H,10H2,1-4H3,(H,20,21). The molecule has 124 valence electrons. The number of hydrogen-bond acceptors (Lipinski definition) is 4. The van der Waals surface area contributed by atoms with Crippen molar-refractivity contribution in [3.05, 3.63) is 45.9 Å². The number of benzene rings is 1. The van der Waals surface area contributed by atoms with E-state index in [9.17, 15) is 9.18 Å². The van der Waals surface area contributed by atoms with Crippen molar-refractivity contribution in [1.29, 1.82) is 0 Å². The normalized spacial score (nSPS) is 11.2. The Hall–Kier alpha value is -2.08. The van der Waals surface area contributed by atoms with Gasteiger partial charge in [0.25, 0.3) is 0 Å². The minimum Gasteiger partial charge on any atom is -0.444 e. The lowest BCUT2D eigenvalue weighted by Crippen LogP contribution is -2.27. The summed E-state index contributed by atoms with van der Waals surface area (Å²) in [5.74, 6) is -0.506. The van der Waals surface area contributed by atoms with Gasteiger partial charge in [0.05, 0.1) is 5.69 Å². The van der Waals surface area contributed by atoms with Gasteiger partial charge in [-0.25, -0.2) is 9.18 Å². The highest BCUT2D eigenvalue weighted by Crippen LogP contribution is 2.23. The van der Waals surface area contributed by atoms with Crippen molar-refractivity contribution in [3.63, 3.8) is 0 Å². The lowest BCUT2D eigenvalue weighted by atomic mass is 10.2. The van der Waals surface area contributed by atoms with Gasteiger partial charge in [-0.3, -0.25) is 5.32 Å². The molecule has 0 aliphatic carbocycles. The van der Waals surface area contributed by atoms with E-state index in [1.807, 2.05) is 12.3 Å². The number of ether oxygens (including phenoxy) is 1. The van der Waals surface area contributed by atoms with E-state index in [0.29, 0.717) is 6.54 Å². The highest BCUT2D eigenvalue weighted by Gasteiger charge is 2.17. The summed E-state index contributed by atoms with van der Waals surface area (Å²) in [5, 5.41) is 7.70. The lowest BCUT2D eigenvalue weighted by Gasteiger charge is -2.20. The van der Waals surface area contributed by atoms with Gasteiger partial charge < -0.3 is 10.1 Å². The predicted octanol–water partition coefficient (Wildman–Crippen LogP) is 5.15. The molecule has 0 bridgehead atoms. The molecule has 6 heteroatoms. The van der Waals surface area contributed by atoms with Crippen LogP contribution in [0.4, 0.5) is 20.6 Å². The van der Waals surface area contributed by atoms with Crippen LogP contribution < -0.4 is 10.6 Å². The summed E-state index contributed by atoms with van der Waals surface area (Å²) in [6, 6.07) is 6.57. The third-order valence-corrected chi connectivity index (χ3v) is 4.05. The van der Waals surface area contributed by atoms with E-state index < -0.39 is 17.5 Å². The third-order valence-electron chi connectivity index (χ3n) is 3.02. The maximum Gasteiger partial charge on any atom is 0.412 e. The zero-order valence-corrected chi connectivity index (χ0v) is 14.5. The highest BCUT2D eigenvalue weighted by molar-refractivity contribution is 7.10. The van der Waals surface area contributed by atoms with Crippen molar-refractivity contribution in [1.82, 2.24) is 0 Å². The molecule has 2 aromatic rings. The summed E-state index contributed by atoms with van der Waals surface area (Å²) in [7, 11) is 0. The molecule has 2 N–H and O–H groups in total. The zero-order valence-electron chi connectivity index (χ0n) is 13.7. The zero-order chi connectivity index (χ0) is 17.0. The summed E-state index contributed by atoms with van der Waals surface area (Å²) >= 11 is 1.67. The Morgan fingerprint density at radius 1 is 1.30 bits per heavy atom. The largest absolute Gasteiger partial charge is 0.444 e. The van der Waals surface area contributed by atoms with E-state index in [-0.39, 0.29) is 5.69 Å². The van der Waals surface area contributed by atoms with Crippen LogP contribution >= 0.6 is 11.3 Å². The minimum atomic E-state index is -0.678. The van der Waals surface area contributed by atoms with Gasteiger partial charge in [-0.2, -0.15) is 0 Å². The van der Waals surface area contributed by atoms with Gasteiger partial charge in [0.2, 0.25) is 0 Å². The Kier molecular flexibility index (Phi) is 5.26. The molecule has 0 spiro atoms. The highest BCUT2D eigenvalue weighted by atomic mass is 32.1. The van der Waals surface area contributed by atoms with Gasteiger partial charge in [0, 0.05) is 17.1 Å². The van der Waals surface area contributed by atoms with Crippen LogP contribution in [0.2, 0.25) is 0 Å². The second-order valence-corrected chi connectivity index (χ2v) is 7.20. The second-order valence-electron chi connectivity index (χ2n) is 6.20. The van der Waals surface area contributed by atoms with Crippen molar-refractivity contribution in [2.45, 2.75) is 39.8 Å². The second kappa shape index (κ2) is 7.00. The molecular formula is C17H21FN2O2S. The van der Waals surface area contributed by atoms with Crippen LogP contribution in [0.25, 0.3) is 0 Å². The van der Waals surface area contributed by atoms with Crippen molar-refractivity contribution in [2.24, 2.45) is 0 Å². The van der Waals surface area contributed by atoms with Crippen molar-refractivity contribution in [2.75, 3.05) is 10.6 Å². The molecular weight excluding hydrogens is 315 g/mol. The summed E-state index contributed by atoms with van der Waals surface area (Å²) in [6.07, 6.45) is -0.678. The number of amides is 1. The molecule has 0 fully saturated rings. The number of nitrogens with one attached hydrogen (secondary N) is 2. The van der Waals surface area contributed by atoms with Crippen LogP contribution in [0.3, 0.4) is 0 Å². The Bertz CT molecular complexity index is 692. The molecule has 0 aliphatic rings. The first-order valence-electron chi connectivity index (χ1n) is 7.31. The quantitative estimate of drug-likeness (QED) is 0.811. The van der Waals surface area contributed by atoms with Gasteiger partial charge in [-0.1, -0.05) is 0 Å². The molecule has 2 rings (SSSR count). The molecule has 0 aliphatic heterocycles. The summed E-state index contributed by atoms with van der Waals surface area (Å²) in [6.45, 7) is 7.97. The number of rotatable bonds is 4. The average Bonchev–Trinajstić information content (AvgIpc) is 2.83. The molecule has 0 saturated carbocycles. The number of thiophene rings is 1. The molecule has 0 atom stereocenters. The van der Waals surface area contributed by atoms with Gasteiger partial charge in [0.1, 0.15) is 11.4 Å². The van der Waals surface area contributed by atoms with Crippen molar-refractivity contribution in [3.8, 4) is 0 Å². The van der Waals surface area contributed by atoms with Crippen molar-refractivity contribution < 1.29 is 13.9 Å². The third kappa shape index (κ3) is 5.25. The SMILES string of the molecule is Cc1ccsc1CNc1ccc(F)c(NC(=O)OC(C)(C)C)c1. The first-order valence-corrected chi connectivity index (χ1v) is 8.19. The fourth-order valence-corrected chi connectivity index (χ4v) is 2.76. The van der Waals surface area contributed by atoms with Crippen molar-refractivity contribution >= 4 is 28.8 Å². The molecule has 0 unspecified atom stereocenters. The maximum absolute atomic E-state index is 13.8. The van der Waals surface area contributed by atoms with E-state index in [1.165, 1.54) is 16.5 Å². The summed E-state index contributed by atoms with van der Waals surface area (Å²) in [5.41, 5.74) is 1.40. The molecule has 1 aromatic carbocycles. The molecule has 0 radical (unpaired) electrons. The lowest BCUT2D eigenvalue weighted by molar-refractivity contribution is 0.0635. The molecule has 0 saturated heterocycles. The first kappa shape index (κ1) is 17.3. The van der Waals surface area contributed by atoms with Gasteiger partial charge >= 0.3 is 6.09 Å². The van der Waals surface area contributed by atoms with Gasteiger partial charge in [-0.05, 0) is 62.9 Å². The Balaban J connectivity index is 2.03. The number of carbonyl (C=O) groups excluding carboxylic acids is 1. The number of carbonyl (C=O) groups is 1. The molecule has 4 nitrogen and oxygen atoms in total. The molecule has 1 aromatic heterocycles. The van der Waals surface area contributed by atoms with Crippen LogP contribution in [0.1, 0.15) is 31.2 Å². The minimum absolute atomic E-state index is 0.0900. The van der Waals surface area contributed by atoms with Crippen LogP contribution in [-0.2, 0) is 11.3 Å². The summed E-state index contributed by atoms with van der Waals surface area (Å²) in [4.78, 5) is 13.0. The molecule has 1 heterocycles.